The third kappa shape index (κ3) is 4.54. The van der Waals surface area contributed by atoms with Gasteiger partial charge in [-0.25, -0.2) is 4.68 Å². The molecular weight excluding hydrogens is 390 g/mol. The number of hydrogen-bond acceptors (Lipinski definition) is 5. The van der Waals surface area contributed by atoms with Gasteiger partial charge in [0.25, 0.3) is 5.91 Å². The molecule has 4 rings (SSSR count). The minimum absolute atomic E-state index is 0.218. The Morgan fingerprint density at radius 2 is 2.00 bits per heavy atom. The highest BCUT2D eigenvalue weighted by molar-refractivity contribution is 5.94. The maximum absolute atomic E-state index is 13.6. The van der Waals surface area contributed by atoms with Gasteiger partial charge in [-0.1, -0.05) is 24.3 Å². The number of amides is 1. The number of benzene rings is 1. The SMILES string of the molecule is Cc1ccc(-c2cc(C(=O)N(CCC#N)Cc3cccnc3)n(-c3ccccc3)n2)o1. The molecule has 4 aromatic rings. The van der Waals surface area contributed by atoms with Gasteiger partial charge in [-0.05, 0) is 42.8 Å². The molecule has 1 amide bonds. The van der Waals surface area contributed by atoms with Crippen LogP contribution in [0.15, 0.2) is 77.5 Å². The lowest BCUT2D eigenvalue weighted by Crippen LogP contribution is -2.33. The van der Waals surface area contributed by atoms with E-state index in [2.05, 4.69) is 16.2 Å². The summed E-state index contributed by atoms with van der Waals surface area (Å²) in [6.07, 6.45) is 3.64. The van der Waals surface area contributed by atoms with E-state index in [1.807, 2.05) is 61.5 Å². The first-order chi connectivity index (χ1) is 15.2. The molecule has 0 aliphatic rings. The third-order valence-electron chi connectivity index (χ3n) is 4.80. The Balaban J connectivity index is 1.75. The smallest absolute Gasteiger partial charge is 0.272 e. The summed E-state index contributed by atoms with van der Waals surface area (Å²) in [6, 6.07) is 20.8. The summed E-state index contributed by atoms with van der Waals surface area (Å²) in [7, 11) is 0. The van der Waals surface area contributed by atoms with Gasteiger partial charge in [0.1, 0.15) is 17.1 Å². The molecule has 7 heteroatoms. The molecule has 0 spiro atoms. The van der Waals surface area contributed by atoms with Gasteiger partial charge < -0.3 is 9.32 Å². The number of furan rings is 1. The van der Waals surface area contributed by atoms with Gasteiger partial charge in [0.05, 0.1) is 18.2 Å². The van der Waals surface area contributed by atoms with E-state index in [9.17, 15) is 4.79 Å². The highest BCUT2D eigenvalue weighted by Gasteiger charge is 2.24. The van der Waals surface area contributed by atoms with Crippen molar-refractivity contribution in [3.8, 4) is 23.2 Å². The van der Waals surface area contributed by atoms with E-state index in [1.54, 1.807) is 28.0 Å². The van der Waals surface area contributed by atoms with Crippen molar-refractivity contribution in [3.63, 3.8) is 0 Å². The number of hydrogen-bond donors (Lipinski definition) is 0. The second kappa shape index (κ2) is 9.09. The van der Waals surface area contributed by atoms with Crippen LogP contribution in [0.5, 0.6) is 0 Å². The Kier molecular flexibility index (Phi) is 5.90. The fourth-order valence-corrected chi connectivity index (χ4v) is 3.30. The molecule has 0 unspecified atom stereocenters. The summed E-state index contributed by atoms with van der Waals surface area (Å²) in [6.45, 7) is 2.52. The number of para-hydroxylation sites is 1. The largest absolute Gasteiger partial charge is 0.460 e. The first kappa shape index (κ1) is 20.1. The fraction of sp³-hybridized carbons (Fsp3) is 0.167. The molecule has 1 aromatic carbocycles. The second-order valence-electron chi connectivity index (χ2n) is 7.07. The second-order valence-corrected chi connectivity index (χ2v) is 7.07. The van der Waals surface area contributed by atoms with Gasteiger partial charge in [-0.2, -0.15) is 10.4 Å². The molecule has 0 aliphatic carbocycles. The average molecular weight is 411 g/mol. The van der Waals surface area contributed by atoms with Crippen LogP contribution in [0, 0.1) is 18.3 Å². The summed E-state index contributed by atoms with van der Waals surface area (Å²) in [4.78, 5) is 19.4. The minimum atomic E-state index is -0.218. The molecule has 0 bridgehead atoms. The maximum Gasteiger partial charge on any atom is 0.272 e. The lowest BCUT2D eigenvalue weighted by molar-refractivity contribution is 0.0737. The Morgan fingerprint density at radius 3 is 2.68 bits per heavy atom. The molecule has 0 N–H and O–H groups in total. The Labute approximate surface area is 180 Å². The van der Waals surface area contributed by atoms with Crippen LogP contribution >= 0.6 is 0 Å². The molecule has 0 fully saturated rings. The maximum atomic E-state index is 13.6. The normalized spacial score (nSPS) is 10.6. The van der Waals surface area contributed by atoms with Crippen molar-refractivity contribution in [2.45, 2.75) is 19.9 Å². The van der Waals surface area contributed by atoms with Crippen molar-refractivity contribution < 1.29 is 9.21 Å². The van der Waals surface area contributed by atoms with Crippen LogP contribution in [0.4, 0.5) is 0 Å². The van der Waals surface area contributed by atoms with Crippen molar-refractivity contribution in [2.24, 2.45) is 0 Å². The lowest BCUT2D eigenvalue weighted by Gasteiger charge is -2.22. The van der Waals surface area contributed by atoms with Crippen molar-refractivity contribution in [1.82, 2.24) is 19.7 Å². The van der Waals surface area contributed by atoms with Gasteiger partial charge in [0, 0.05) is 31.5 Å². The number of nitrogens with zero attached hydrogens (tertiary/aromatic N) is 5. The molecule has 0 saturated carbocycles. The van der Waals surface area contributed by atoms with Crippen LogP contribution in [0.2, 0.25) is 0 Å². The quantitative estimate of drug-likeness (QED) is 0.450. The number of carbonyl (C=O) groups excluding carboxylic acids is 1. The number of nitriles is 1. The summed E-state index contributed by atoms with van der Waals surface area (Å²) < 4.78 is 7.35. The van der Waals surface area contributed by atoms with Crippen LogP contribution in [0.25, 0.3) is 17.1 Å². The molecule has 31 heavy (non-hydrogen) atoms. The zero-order valence-corrected chi connectivity index (χ0v) is 17.1. The predicted molar refractivity (Wildman–Crippen MR) is 115 cm³/mol. The molecule has 3 aromatic heterocycles. The third-order valence-corrected chi connectivity index (χ3v) is 4.80. The summed E-state index contributed by atoms with van der Waals surface area (Å²) in [5.41, 5.74) is 2.63. The molecule has 0 atom stereocenters. The molecule has 0 aliphatic heterocycles. The molecule has 0 radical (unpaired) electrons. The van der Waals surface area contributed by atoms with Gasteiger partial charge in [-0.15, -0.1) is 0 Å². The summed E-state index contributed by atoms with van der Waals surface area (Å²) in [5.74, 6) is 1.14. The van der Waals surface area contributed by atoms with E-state index in [0.29, 0.717) is 30.2 Å². The first-order valence-electron chi connectivity index (χ1n) is 9.93. The Morgan fingerprint density at radius 1 is 1.16 bits per heavy atom. The van der Waals surface area contributed by atoms with E-state index < -0.39 is 0 Å². The summed E-state index contributed by atoms with van der Waals surface area (Å²) in [5, 5.41) is 13.7. The Hall–Kier alpha value is -4.18. The molecular formula is C24H21N5O2. The van der Waals surface area contributed by atoms with Crippen LogP contribution in [0.1, 0.15) is 28.2 Å². The predicted octanol–water partition coefficient (Wildman–Crippen LogP) is 4.39. The van der Waals surface area contributed by atoms with E-state index >= 15 is 0 Å². The monoisotopic (exact) mass is 411 g/mol. The van der Waals surface area contributed by atoms with Gasteiger partial charge in [0.2, 0.25) is 0 Å². The standard InChI is InChI=1S/C24H21N5O2/c1-18-10-11-23(31-18)21-15-22(29(27-21)20-8-3-2-4-9-20)24(30)28(14-6-12-25)17-19-7-5-13-26-16-19/h2-5,7-11,13,15-16H,6,14,17H2,1H3. The minimum Gasteiger partial charge on any atom is -0.460 e. The van der Waals surface area contributed by atoms with Crippen LogP contribution in [0.3, 0.4) is 0 Å². The fourth-order valence-electron chi connectivity index (χ4n) is 3.30. The van der Waals surface area contributed by atoms with Crippen molar-refractivity contribution >= 4 is 5.91 Å². The molecule has 3 heterocycles. The van der Waals surface area contributed by atoms with E-state index in [4.69, 9.17) is 9.68 Å². The van der Waals surface area contributed by atoms with Crippen molar-refractivity contribution in [2.75, 3.05) is 6.54 Å². The first-order valence-corrected chi connectivity index (χ1v) is 9.93. The van der Waals surface area contributed by atoms with Crippen LogP contribution < -0.4 is 0 Å². The lowest BCUT2D eigenvalue weighted by atomic mass is 10.2. The van der Waals surface area contributed by atoms with E-state index in [1.165, 1.54) is 0 Å². The Bertz CT molecular complexity index is 1210. The number of rotatable bonds is 7. The van der Waals surface area contributed by atoms with E-state index in [0.717, 1.165) is 17.0 Å². The number of aryl methyl sites for hydroxylation is 1. The van der Waals surface area contributed by atoms with Gasteiger partial charge >= 0.3 is 0 Å². The zero-order valence-electron chi connectivity index (χ0n) is 17.1. The van der Waals surface area contributed by atoms with Crippen LogP contribution in [-0.4, -0.2) is 32.1 Å². The number of pyridine rings is 1. The molecule has 7 nitrogen and oxygen atoms in total. The number of carbonyl (C=O) groups is 1. The van der Waals surface area contributed by atoms with Gasteiger partial charge in [0.15, 0.2) is 5.76 Å². The highest BCUT2D eigenvalue weighted by atomic mass is 16.3. The molecule has 0 saturated heterocycles. The van der Waals surface area contributed by atoms with Crippen molar-refractivity contribution in [3.05, 3.63) is 90.1 Å². The zero-order chi connectivity index (χ0) is 21.6. The topological polar surface area (TPSA) is 88.0 Å². The average Bonchev–Trinajstić information content (AvgIpc) is 3.44. The summed E-state index contributed by atoms with van der Waals surface area (Å²) >= 11 is 0. The van der Waals surface area contributed by atoms with Crippen LogP contribution in [-0.2, 0) is 6.54 Å². The van der Waals surface area contributed by atoms with Gasteiger partial charge in [-0.3, -0.25) is 9.78 Å². The molecule has 154 valence electrons. The number of aromatic nitrogens is 3. The van der Waals surface area contributed by atoms with E-state index in [-0.39, 0.29) is 12.3 Å². The highest BCUT2D eigenvalue weighted by Crippen LogP contribution is 2.25. The van der Waals surface area contributed by atoms with Crippen molar-refractivity contribution in [1.29, 1.82) is 5.26 Å².